The van der Waals surface area contributed by atoms with Gasteiger partial charge in [-0.2, -0.15) is 0 Å². The van der Waals surface area contributed by atoms with Crippen molar-refractivity contribution in [3.05, 3.63) is 77.1 Å². The third-order valence-corrected chi connectivity index (χ3v) is 7.15. The molecule has 2 aromatic carbocycles. The number of esters is 1. The van der Waals surface area contributed by atoms with Crippen LogP contribution in [0.25, 0.3) is 16.7 Å². The van der Waals surface area contributed by atoms with Crippen LogP contribution in [0, 0.1) is 12.8 Å². The first-order chi connectivity index (χ1) is 18.3. The lowest BCUT2D eigenvalue weighted by atomic mass is 9.95. The molecule has 9 heteroatoms. The summed E-state index contributed by atoms with van der Waals surface area (Å²) in [6.45, 7) is 6.47. The van der Waals surface area contributed by atoms with Crippen molar-refractivity contribution in [1.29, 1.82) is 0 Å². The van der Waals surface area contributed by atoms with Crippen LogP contribution in [-0.2, 0) is 28.9 Å². The molecule has 0 aliphatic carbocycles. The number of methoxy groups -OCH3 is 1. The summed E-state index contributed by atoms with van der Waals surface area (Å²) in [5.41, 5.74) is 5.92. The zero-order chi connectivity index (χ0) is 26.8. The summed E-state index contributed by atoms with van der Waals surface area (Å²) in [6.07, 6.45) is 4.58. The second kappa shape index (κ2) is 10.9. The zero-order valence-corrected chi connectivity index (χ0v) is 22.0. The number of carbonyl (C=O) groups excluding carboxylic acids is 2. The van der Waals surface area contributed by atoms with Crippen LogP contribution in [0.2, 0.25) is 0 Å². The minimum atomic E-state index is -0.376. The second-order valence-electron chi connectivity index (χ2n) is 10.3. The van der Waals surface area contributed by atoms with E-state index in [2.05, 4.69) is 38.9 Å². The highest BCUT2D eigenvalue weighted by atomic mass is 16.5. The number of benzene rings is 2. The van der Waals surface area contributed by atoms with E-state index in [1.807, 2.05) is 23.8 Å². The summed E-state index contributed by atoms with van der Waals surface area (Å²) in [4.78, 5) is 39.2. The van der Waals surface area contributed by atoms with Gasteiger partial charge in [-0.15, -0.1) is 0 Å². The summed E-state index contributed by atoms with van der Waals surface area (Å²) in [7, 11) is 1.34. The van der Waals surface area contributed by atoms with E-state index in [9.17, 15) is 14.7 Å². The summed E-state index contributed by atoms with van der Waals surface area (Å²) in [5, 5.41) is 10.1. The van der Waals surface area contributed by atoms with Gasteiger partial charge in [-0.25, -0.2) is 9.97 Å². The first kappa shape index (κ1) is 25.8. The Kier molecular flexibility index (Phi) is 7.40. The molecule has 0 amide bonds. The molecule has 2 unspecified atom stereocenters. The molecule has 2 atom stereocenters. The van der Waals surface area contributed by atoms with Crippen LogP contribution in [0.5, 0.6) is 0 Å². The number of H-pyrrole nitrogens is 1. The Morgan fingerprint density at radius 2 is 1.97 bits per heavy atom. The van der Waals surface area contributed by atoms with Crippen molar-refractivity contribution in [2.45, 2.75) is 45.8 Å². The number of imidazole rings is 2. The predicted molar refractivity (Wildman–Crippen MR) is 143 cm³/mol. The minimum absolute atomic E-state index is 0.00403. The molecule has 1 aliphatic heterocycles. The Morgan fingerprint density at radius 1 is 1.16 bits per heavy atom. The predicted octanol–water partition coefficient (Wildman–Crippen LogP) is 3.40. The molecule has 9 nitrogen and oxygen atoms in total. The van der Waals surface area contributed by atoms with Crippen molar-refractivity contribution in [3.8, 4) is 5.69 Å². The van der Waals surface area contributed by atoms with E-state index >= 15 is 0 Å². The Morgan fingerprint density at radius 3 is 2.71 bits per heavy atom. The molecule has 1 saturated heterocycles. The molecule has 4 aromatic rings. The van der Waals surface area contributed by atoms with E-state index < -0.39 is 0 Å². The number of rotatable bonds is 8. The Labute approximate surface area is 221 Å². The highest BCUT2D eigenvalue weighted by Gasteiger charge is 2.24. The van der Waals surface area contributed by atoms with Gasteiger partial charge >= 0.3 is 5.97 Å². The van der Waals surface area contributed by atoms with Crippen molar-refractivity contribution in [2.24, 2.45) is 5.92 Å². The van der Waals surface area contributed by atoms with E-state index in [1.165, 1.54) is 7.11 Å². The van der Waals surface area contributed by atoms with Crippen molar-refractivity contribution in [1.82, 2.24) is 24.4 Å². The van der Waals surface area contributed by atoms with Crippen LogP contribution in [0.3, 0.4) is 0 Å². The molecule has 5 rings (SSSR count). The maximum atomic E-state index is 13.4. The number of nitrogens with zero attached hydrogens (tertiary/aromatic N) is 4. The second-order valence-corrected chi connectivity index (χ2v) is 10.3. The van der Waals surface area contributed by atoms with Gasteiger partial charge < -0.3 is 19.4 Å². The number of nitrogens with one attached hydrogen (secondary N) is 1. The summed E-state index contributed by atoms with van der Waals surface area (Å²) in [5.74, 6) is 0.355. The number of aromatic amines is 1. The van der Waals surface area contributed by atoms with Crippen LogP contribution in [0.15, 0.2) is 48.9 Å². The minimum Gasteiger partial charge on any atom is -0.469 e. The van der Waals surface area contributed by atoms with Gasteiger partial charge in [0.25, 0.3) is 0 Å². The van der Waals surface area contributed by atoms with Gasteiger partial charge in [-0.05, 0) is 60.7 Å². The van der Waals surface area contributed by atoms with Gasteiger partial charge in [-0.1, -0.05) is 13.0 Å². The van der Waals surface area contributed by atoms with E-state index in [4.69, 9.17) is 4.74 Å². The number of aliphatic hydroxyl groups is 1. The average Bonchev–Trinajstić information content (AvgIpc) is 3.51. The molecule has 1 aliphatic rings. The maximum absolute atomic E-state index is 13.4. The highest BCUT2D eigenvalue weighted by Crippen LogP contribution is 2.23. The fraction of sp³-hybridized carbons (Fsp3) is 0.379. The third-order valence-electron chi connectivity index (χ3n) is 7.15. The van der Waals surface area contributed by atoms with Crippen LogP contribution >= 0.6 is 0 Å². The van der Waals surface area contributed by atoms with Crippen LogP contribution in [0.4, 0.5) is 0 Å². The topological polar surface area (TPSA) is 113 Å². The summed E-state index contributed by atoms with van der Waals surface area (Å²) >= 11 is 0. The molecule has 2 aromatic heterocycles. The molecule has 1 fully saturated rings. The molecule has 2 N–H and O–H groups in total. The quantitative estimate of drug-likeness (QED) is 0.273. The third kappa shape index (κ3) is 5.84. The van der Waals surface area contributed by atoms with Gasteiger partial charge in [0.2, 0.25) is 0 Å². The number of carbonyl (C=O) groups is 2. The van der Waals surface area contributed by atoms with Gasteiger partial charge in [-0.3, -0.25) is 14.5 Å². The lowest BCUT2D eigenvalue weighted by molar-refractivity contribution is -0.139. The van der Waals surface area contributed by atoms with Crippen molar-refractivity contribution in [2.75, 3.05) is 20.2 Å². The highest BCUT2D eigenvalue weighted by molar-refractivity contribution is 6.00. The van der Waals surface area contributed by atoms with Crippen molar-refractivity contribution < 1.29 is 19.4 Å². The molecule has 0 saturated carbocycles. The number of aliphatic hydroxyl groups excluding tert-OH is 1. The maximum Gasteiger partial charge on any atom is 0.313 e. The molecule has 0 radical (unpaired) electrons. The Balaban J connectivity index is 1.39. The largest absolute Gasteiger partial charge is 0.469 e. The Hall–Kier alpha value is -3.82. The zero-order valence-electron chi connectivity index (χ0n) is 22.0. The fourth-order valence-corrected chi connectivity index (χ4v) is 5.09. The molecule has 0 bridgehead atoms. The number of aryl methyl sites for hydroxylation is 1. The van der Waals surface area contributed by atoms with E-state index in [0.717, 1.165) is 48.6 Å². The smallest absolute Gasteiger partial charge is 0.313 e. The first-order valence-corrected chi connectivity index (χ1v) is 12.9. The molecule has 38 heavy (non-hydrogen) atoms. The number of ketones is 1. The number of hydrogen-bond acceptors (Lipinski definition) is 7. The molecule has 0 spiro atoms. The van der Waals surface area contributed by atoms with E-state index in [1.54, 1.807) is 24.5 Å². The Bertz CT molecular complexity index is 1470. The number of aromatic nitrogens is 4. The molecular weight excluding hydrogens is 482 g/mol. The average molecular weight is 516 g/mol. The number of likely N-dealkylation sites (tertiary alicyclic amines) is 1. The van der Waals surface area contributed by atoms with Crippen LogP contribution in [0.1, 0.15) is 46.3 Å². The van der Waals surface area contributed by atoms with Crippen LogP contribution < -0.4 is 0 Å². The normalized spacial score (nSPS) is 18.1. The summed E-state index contributed by atoms with van der Waals surface area (Å²) < 4.78 is 6.70. The van der Waals surface area contributed by atoms with Gasteiger partial charge in [0, 0.05) is 43.5 Å². The van der Waals surface area contributed by atoms with Crippen LogP contribution in [-0.4, -0.2) is 67.6 Å². The molecule has 3 heterocycles. The van der Waals surface area contributed by atoms with Gasteiger partial charge in [0.05, 0.1) is 36.3 Å². The number of piperidine rings is 1. The monoisotopic (exact) mass is 515 g/mol. The number of fused-ring (bicyclic) bond motifs is 1. The van der Waals surface area contributed by atoms with Crippen molar-refractivity contribution in [3.63, 3.8) is 0 Å². The van der Waals surface area contributed by atoms with E-state index in [-0.39, 0.29) is 36.6 Å². The lowest BCUT2D eigenvalue weighted by Crippen LogP contribution is -2.41. The van der Waals surface area contributed by atoms with Crippen molar-refractivity contribution >= 4 is 22.8 Å². The SMILES string of the molecule is COC(=O)Cc1nc2ccc(C(=O)Cc3cc(CN4CCC(O)C(C)C4)cc(-n4cnc(C)c4)c3)cc2[nH]1. The standard InChI is InChI=1S/C29H33N5O4/c1-18-14-33(7-6-26(18)35)16-21-8-20(9-23(10-21)34-15-19(2)30-17-34)11-27(36)22-4-5-24-25(12-22)32-28(31-24)13-29(37)38-3/h4-5,8-10,12,15,17-18,26,35H,6-7,11,13-14,16H2,1-3H3,(H,31,32). The first-order valence-electron chi connectivity index (χ1n) is 12.9. The molecule has 198 valence electrons. The van der Waals surface area contributed by atoms with Gasteiger partial charge in [0.15, 0.2) is 5.78 Å². The van der Waals surface area contributed by atoms with E-state index in [0.29, 0.717) is 22.4 Å². The lowest BCUT2D eigenvalue weighted by Gasteiger charge is -2.34. The number of ether oxygens (including phenoxy) is 1. The number of hydrogen-bond donors (Lipinski definition) is 2. The molecular formula is C29H33N5O4. The fourth-order valence-electron chi connectivity index (χ4n) is 5.09. The summed E-state index contributed by atoms with van der Waals surface area (Å²) in [6, 6.07) is 11.6. The van der Waals surface area contributed by atoms with Gasteiger partial charge in [0.1, 0.15) is 12.2 Å². The number of Topliss-reactive ketones (excluding diaryl/α,β-unsaturated/α-hetero) is 1.